The lowest BCUT2D eigenvalue weighted by atomic mass is 9.67. The van der Waals surface area contributed by atoms with E-state index in [2.05, 4.69) is 169 Å². The van der Waals surface area contributed by atoms with Crippen molar-refractivity contribution in [2.75, 3.05) is 0 Å². The Morgan fingerprint density at radius 1 is 0.442 bits per heavy atom. The van der Waals surface area contributed by atoms with Crippen LogP contribution in [-0.2, 0) is 5.41 Å². The molecular weight excluding hydrogens is 518 g/mol. The van der Waals surface area contributed by atoms with E-state index < -0.39 is 5.41 Å². The molecule has 1 nitrogen and oxygen atoms in total. The van der Waals surface area contributed by atoms with Gasteiger partial charge in [0.1, 0.15) is 0 Å². The second kappa shape index (κ2) is 9.05. The summed E-state index contributed by atoms with van der Waals surface area (Å²) in [6.45, 7) is 2.21. The molecule has 0 radical (unpaired) electrons. The molecule has 0 bridgehead atoms. The predicted octanol–water partition coefficient (Wildman–Crippen LogP) is 10.6. The number of aryl methyl sites for hydroxylation is 1. The third-order valence-electron chi connectivity index (χ3n) is 9.51. The van der Waals surface area contributed by atoms with Gasteiger partial charge in [0.15, 0.2) is 0 Å². The van der Waals surface area contributed by atoms with E-state index in [0.717, 1.165) is 0 Å². The van der Waals surface area contributed by atoms with Gasteiger partial charge in [-0.05, 0) is 63.9 Å². The highest BCUT2D eigenvalue weighted by Gasteiger charge is 2.47. The molecule has 0 unspecified atom stereocenters. The molecule has 0 atom stereocenters. The summed E-state index contributed by atoms with van der Waals surface area (Å²) in [7, 11) is 0. The molecule has 8 aromatic rings. The standard InChI is InChI=1S/C42H29N/c1-28-24-25-35-36(26-28)42(29-14-4-2-5-15-29,30-16-6-3-7-17-30)37-27-40(33-20-8-9-21-34(33)41(35)37)43-38-22-12-10-18-31(38)32-19-11-13-23-39(32)43/h2-27H,1H3. The smallest absolute Gasteiger partial charge is 0.0714 e. The number of benzene rings is 7. The van der Waals surface area contributed by atoms with Crippen LogP contribution in [0.15, 0.2) is 158 Å². The lowest BCUT2D eigenvalue weighted by molar-refractivity contribution is 0.767. The molecule has 7 aromatic carbocycles. The van der Waals surface area contributed by atoms with Crippen LogP contribution in [0.2, 0.25) is 0 Å². The van der Waals surface area contributed by atoms with Crippen LogP contribution in [0.5, 0.6) is 0 Å². The van der Waals surface area contributed by atoms with Gasteiger partial charge in [0, 0.05) is 16.2 Å². The van der Waals surface area contributed by atoms with Crippen molar-refractivity contribution < 1.29 is 0 Å². The van der Waals surface area contributed by atoms with E-state index in [0.29, 0.717) is 0 Å². The predicted molar refractivity (Wildman–Crippen MR) is 180 cm³/mol. The first-order chi connectivity index (χ1) is 21.3. The number of aromatic nitrogens is 1. The van der Waals surface area contributed by atoms with Crippen LogP contribution in [-0.4, -0.2) is 4.57 Å². The van der Waals surface area contributed by atoms with Gasteiger partial charge >= 0.3 is 0 Å². The van der Waals surface area contributed by atoms with Crippen LogP contribution in [0.4, 0.5) is 0 Å². The lowest BCUT2D eigenvalue weighted by Gasteiger charge is -2.34. The number of fused-ring (bicyclic) bond motifs is 8. The molecule has 0 amide bonds. The highest BCUT2D eigenvalue weighted by atomic mass is 15.0. The Bertz CT molecular complexity index is 2250. The van der Waals surface area contributed by atoms with E-state index >= 15 is 0 Å². The van der Waals surface area contributed by atoms with Gasteiger partial charge in [0.05, 0.1) is 22.1 Å². The van der Waals surface area contributed by atoms with Crippen molar-refractivity contribution in [1.29, 1.82) is 0 Å². The zero-order valence-corrected chi connectivity index (χ0v) is 24.0. The highest BCUT2D eigenvalue weighted by molar-refractivity contribution is 6.13. The lowest BCUT2D eigenvalue weighted by Crippen LogP contribution is -2.28. The normalized spacial score (nSPS) is 13.4. The van der Waals surface area contributed by atoms with Gasteiger partial charge < -0.3 is 4.57 Å². The van der Waals surface area contributed by atoms with E-state index in [-0.39, 0.29) is 0 Å². The van der Waals surface area contributed by atoms with Crippen molar-refractivity contribution >= 4 is 32.6 Å². The summed E-state index contributed by atoms with van der Waals surface area (Å²) in [5.41, 5.74) is 12.4. The average molecular weight is 548 g/mol. The maximum atomic E-state index is 2.51. The molecule has 1 aliphatic rings. The Kier molecular flexibility index (Phi) is 5.10. The number of rotatable bonds is 3. The first kappa shape index (κ1) is 24.2. The minimum absolute atomic E-state index is 0.462. The summed E-state index contributed by atoms with van der Waals surface area (Å²) in [5, 5.41) is 5.10. The quantitative estimate of drug-likeness (QED) is 0.207. The zero-order valence-electron chi connectivity index (χ0n) is 24.0. The Morgan fingerprint density at radius 3 is 1.56 bits per heavy atom. The maximum absolute atomic E-state index is 2.51. The number of hydrogen-bond acceptors (Lipinski definition) is 0. The summed E-state index contributed by atoms with van der Waals surface area (Å²) in [6.07, 6.45) is 0. The van der Waals surface area contributed by atoms with Crippen molar-refractivity contribution in [2.45, 2.75) is 12.3 Å². The van der Waals surface area contributed by atoms with Gasteiger partial charge in [-0.3, -0.25) is 0 Å². The van der Waals surface area contributed by atoms with E-state index in [1.54, 1.807) is 0 Å². The number of hydrogen-bond donors (Lipinski definition) is 0. The topological polar surface area (TPSA) is 4.93 Å². The summed E-state index contributed by atoms with van der Waals surface area (Å²) in [6, 6.07) is 58.4. The molecule has 1 aromatic heterocycles. The summed E-state index contributed by atoms with van der Waals surface area (Å²) in [5.74, 6) is 0. The van der Waals surface area contributed by atoms with Crippen LogP contribution in [0.3, 0.4) is 0 Å². The van der Waals surface area contributed by atoms with Crippen LogP contribution in [0.25, 0.3) is 49.4 Å². The van der Waals surface area contributed by atoms with Gasteiger partial charge in [-0.2, -0.15) is 0 Å². The highest BCUT2D eigenvalue weighted by Crippen LogP contribution is 2.59. The van der Waals surface area contributed by atoms with Crippen molar-refractivity contribution in [3.05, 3.63) is 186 Å². The van der Waals surface area contributed by atoms with Gasteiger partial charge in [-0.25, -0.2) is 0 Å². The summed E-state index contributed by atoms with van der Waals surface area (Å²) in [4.78, 5) is 0. The zero-order chi connectivity index (χ0) is 28.5. The molecule has 0 saturated carbocycles. The van der Waals surface area contributed by atoms with E-state index in [4.69, 9.17) is 0 Å². The van der Waals surface area contributed by atoms with Crippen LogP contribution >= 0.6 is 0 Å². The molecule has 1 heterocycles. The molecule has 9 rings (SSSR count). The molecule has 0 saturated heterocycles. The van der Waals surface area contributed by atoms with Crippen LogP contribution in [0.1, 0.15) is 27.8 Å². The molecule has 0 fully saturated rings. The Labute approximate surface area is 251 Å². The van der Waals surface area contributed by atoms with E-state index in [1.165, 1.54) is 77.2 Å². The summed E-state index contributed by atoms with van der Waals surface area (Å²) < 4.78 is 2.49. The van der Waals surface area contributed by atoms with Crippen LogP contribution < -0.4 is 0 Å². The van der Waals surface area contributed by atoms with Crippen molar-refractivity contribution in [1.82, 2.24) is 4.57 Å². The number of nitrogens with zero attached hydrogens (tertiary/aromatic N) is 1. The Balaban J connectivity index is 1.52. The van der Waals surface area contributed by atoms with Crippen LogP contribution in [0, 0.1) is 6.92 Å². The van der Waals surface area contributed by atoms with Crippen molar-refractivity contribution in [2.24, 2.45) is 0 Å². The molecular formula is C42H29N. The maximum Gasteiger partial charge on any atom is 0.0714 e. The fourth-order valence-corrected chi connectivity index (χ4v) is 7.81. The molecule has 1 aliphatic carbocycles. The van der Waals surface area contributed by atoms with E-state index in [1.807, 2.05) is 0 Å². The molecule has 1 heteroatoms. The Morgan fingerprint density at radius 2 is 0.953 bits per heavy atom. The fourth-order valence-electron chi connectivity index (χ4n) is 7.81. The molecule has 0 N–H and O–H groups in total. The van der Waals surface area contributed by atoms with Gasteiger partial charge in [0.2, 0.25) is 0 Å². The van der Waals surface area contributed by atoms with Gasteiger partial charge in [0.25, 0.3) is 0 Å². The van der Waals surface area contributed by atoms with Gasteiger partial charge in [-0.1, -0.05) is 145 Å². The monoisotopic (exact) mass is 547 g/mol. The SMILES string of the molecule is Cc1ccc2c(c1)C(c1ccccc1)(c1ccccc1)c1cc(-n3c4ccccc4c4ccccc43)c3ccccc3c1-2. The minimum atomic E-state index is -0.462. The molecule has 43 heavy (non-hydrogen) atoms. The van der Waals surface area contributed by atoms with Crippen molar-refractivity contribution in [3.8, 4) is 16.8 Å². The first-order valence-corrected chi connectivity index (χ1v) is 15.0. The third kappa shape index (κ3) is 3.22. The fraction of sp³-hybridized carbons (Fsp3) is 0.0476. The molecule has 202 valence electrons. The van der Waals surface area contributed by atoms with Gasteiger partial charge in [-0.15, -0.1) is 0 Å². The van der Waals surface area contributed by atoms with E-state index in [9.17, 15) is 0 Å². The average Bonchev–Trinajstić information content (AvgIpc) is 3.55. The molecule has 0 spiro atoms. The molecule has 0 aliphatic heterocycles. The Hall–Kier alpha value is -5.40. The second-order valence-corrected chi connectivity index (χ2v) is 11.8. The first-order valence-electron chi connectivity index (χ1n) is 15.0. The minimum Gasteiger partial charge on any atom is -0.309 e. The summed E-state index contributed by atoms with van der Waals surface area (Å²) >= 11 is 0. The van der Waals surface area contributed by atoms with Crippen molar-refractivity contribution in [3.63, 3.8) is 0 Å². The largest absolute Gasteiger partial charge is 0.309 e. The second-order valence-electron chi connectivity index (χ2n) is 11.8. The third-order valence-corrected chi connectivity index (χ3v) is 9.51. The number of para-hydroxylation sites is 2.